The third kappa shape index (κ3) is 2.89. The van der Waals surface area contributed by atoms with Crippen molar-refractivity contribution in [2.45, 2.75) is 31.2 Å². The van der Waals surface area contributed by atoms with Gasteiger partial charge in [-0.1, -0.05) is 6.07 Å². The minimum absolute atomic E-state index is 0.0308. The van der Waals surface area contributed by atoms with Crippen molar-refractivity contribution in [3.8, 4) is 0 Å². The molecule has 0 aromatic heterocycles. The molecule has 0 saturated heterocycles. The second-order valence-electron chi connectivity index (χ2n) is 5.69. The minimum atomic E-state index is -1.11. The van der Waals surface area contributed by atoms with Gasteiger partial charge in [0.1, 0.15) is 5.54 Å². The first-order valence-electron chi connectivity index (χ1n) is 6.97. The van der Waals surface area contributed by atoms with Crippen LogP contribution in [0.5, 0.6) is 0 Å². The van der Waals surface area contributed by atoms with E-state index in [4.69, 9.17) is 5.11 Å². The van der Waals surface area contributed by atoms with Crippen molar-refractivity contribution in [2.75, 3.05) is 5.32 Å². The lowest BCUT2D eigenvalue weighted by Crippen LogP contribution is -2.43. The largest absolute Gasteiger partial charge is 0.480 e. The van der Waals surface area contributed by atoms with Crippen LogP contribution in [-0.4, -0.2) is 28.4 Å². The van der Waals surface area contributed by atoms with Crippen molar-refractivity contribution < 1.29 is 19.5 Å². The lowest BCUT2D eigenvalue weighted by atomic mass is 10.1. The van der Waals surface area contributed by atoms with E-state index in [0.717, 1.165) is 12.8 Å². The average Bonchev–Trinajstić information content (AvgIpc) is 3.33. The number of nitrogens with one attached hydrogen (secondary N) is 2. The summed E-state index contributed by atoms with van der Waals surface area (Å²) >= 11 is 0. The fraction of sp³-hybridized carbons (Fsp3) is 0.400. The van der Waals surface area contributed by atoms with Gasteiger partial charge in [0.25, 0.3) is 5.91 Å². The van der Waals surface area contributed by atoms with Gasteiger partial charge in [0, 0.05) is 17.2 Å². The number of amides is 2. The molecule has 3 N–H and O–H groups in total. The van der Waals surface area contributed by atoms with Crippen LogP contribution in [0.1, 0.15) is 36.0 Å². The summed E-state index contributed by atoms with van der Waals surface area (Å²) in [6.45, 7) is 0. The molecule has 0 spiro atoms. The first-order chi connectivity index (χ1) is 10.00. The standard InChI is InChI=1S/C15H16N2O4/c18-12(9-4-5-9)16-11-3-1-2-10(8-11)13(19)17-15(6-7-15)14(20)21/h1-3,8-9H,4-7H2,(H,16,18)(H,17,19)(H,20,21). The maximum Gasteiger partial charge on any atom is 0.329 e. The summed E-state index contributed by atoms with van der Waals surface area (Å²) in [5.74, 6) is -1.38. The Kier molecular flexibility index (Phi) is 3.16. The van der Waals surface area contributed by atoms with Crippen molar-refractivity contribution in [3.63, 3.8) is 0 Å². The number of hydrogen-bond donors (Lipinski definition) is 3. The first-order valence-corrected chi connectivity index (χ1v) is 6.97. The second-order valence-corrected chi connectivity index (χ2v) is 5.69. The Labute approximate surface area is 121 Å². The van der Waals surface area contributed by atoms with Crippen molar-refractivity contribution in [1.29, 1.82) is 0 Å². The summed E-state index contributed by atoms with van der Waals surface area (Å²) in [5, 5.41) is 14.4. The molecule has 1 aromatic carbocycles. The highest BCUT2D eigenvalue weighted by atomic mass is 16.4. The topological polar surface area (TPSA) is 95.5 Å². The molecule has 6 heteroatoms. The van der Waals surface area contributed by atoms with Gasteiger partial charge in [-0.25, -0.2) is 4.79 Å². The zero-order valence-corrected chi connectivity index (χ0v) is 11.4. The van der Waals surface area contributed by atoms with Crippen LogP contribution in [0.25, 0.3) is 0 Å². The third-order valence-electron chi connectivity index (χ3n) is 3.85. The monoisotopic (exact) mass is 288 g/mol. The van der Waals surface area contributed by atoms with Gasteiger partial charge in [-0.15, -0.1) is 0 Å². The molecule has 21 heavy (non-hydrogen) atoms. The van der Waals surface area contributed by atoms with E-state index in [1.165, 1.54) is 0 Å². The molecule has 2 saturated carbocycles. The van der Waals surface area contributed by atoms with Crippen molar-refractivity contribution in [2.24, 2.45) is 5.92 Å². The molecule has 2 amide bonds. The van der Waals surface area contributed by atoms with Crippen LogP contribution in [0.4, 0.5) is 5.69 Å². The van der Waals surface area contributed by atoms with Crippen LogP contribution in [0.2, 0.25) is 0 Å². The smallest absolute Gasteiger partial charge is 0.329 e. The number of carbonyl (C=O) groups excluding carboxylic acids is 2. The number of carbonyl (C=O) groups is 3. The Bertz CT molecular complexity index is 618. The molecule has 0 aliphatic heterocycles. The quantitative estimate of drug-likeness (QED) is 0.762. The molecule has 0 radical (unpaired) electrons. The van der Waals surface area contributed by atoms with Crippen LogP contribution in [0.15, 0.2) is 24.3 Å². The van der Waals surface area contributed by atoms with E-state index >= 15 is 0 Å². The summed E-state index contributed by atoms with van der Waals surface area (Å²) in [6, 6.07) is 6.53. The zero-order valence-electron chi connectivity index (χ0n) is 11.4. The first kappa shape index (κ1) is 13.6. The molecule has 6 nitrogen and oxygen atoms in total. The summed E-state index contributed by atoms with van der Waals surface area (Å²) < 4.78 is 0. The predicted molar refractivity (Wildman–Crippen MR) is 74.9 cm³/mol. The van der Waals surface area contributed by atoms with Gasteiger partial charge in [0.05, 0.1) is 0 Å². The molecule has 0 heterocycles. The molecule has 110 valence electrons. The molecule has 2 fully saturated rings. The Morgan fingerprint density at radius 1 is 1.19 bits per heavy atom. The van der Waals surface area contributed by atoms with Crippen molar-refractivity contribution in [3.05, 3.63) is 29.8 Å². The third-order valence-corrected chi connectivity index (χ3v) is 3.85. The van der Waals surface area contributed by atoms with E-state index in [2.05, 4.69) is 10.6 Å². The zero-order chi connectivity index (χ0) is 15.0. The van der Waals surface area contributed by atoms with Gasteiger partial charge in [-0.3, -0.25) is 9.59 Å². The van der Waals surface area contributed by atoms with E-state index in [9.17, 15) is 14.4 Å². The maximum atomic E-state index is 12.1. The molecule has 0 unspecified atom stereocenters. The number of hydrogen-bond acceptors (Lipinski definition) is 3. The van der Waals surface area contributed by atoms with Gasteiger partial charge >= 0.3 is 5.97 Å². The van der Waals surface area contributed by atoms with Crippen LogP contribution < -0.4 is 10.6 Å². The maximum absolute atomic E-state index is 12.1. The fourth-order valence-corrected chi connectivity index (χ4v) is 2.13. The molecule has 2 aliphatic carbocycles. The number of anilines is 1. The highest BCUT2D eigenvalue weighted by Crippen LogP contribution is 2.36. The normalized spacial score (nSPS) is 18.7. The van der Waals surface area contributed by atoms with E-state index in [1.54, 1.807) is 24.3 Å². The molecule has 0 atom stereocenters. The summed E-state index contributed by atoms with van der Waals surface area (Å²) in [7, 11) is 0. The van der Waals surface area contributed by atoms with E-state index in [-0.39, 0.29) is 11.8 Å². The van der Waals surface area contributed by atoms with Crippen LogP contribution in [0, 0.1) is 5.92 Å². The Hall–Kier alpha value is -2.37. The average molecular weight is 288 g/mol. The predicted octanol–water partition coefficient (Wildman–Crippen LogP) is 1.38. The highest BCUT2D eigenvalue weighted by molar-refractivity contribution is 6.00. The summed E-state index contributed by atoms with van der Waals surface area (Å²) in [4.78, 5) is 34.9. The van der Waals surface area contributed by atoms with Gasteiger partial charge in [0.2, 0.25) is 5.91 Å². The van der Waals surface area contributed by atoms with Gasteiger partial charge < -0.3 is 15.7 Å². The van der Waals surface area contributed by atoms with Crippen molar-refractivity contribution >= 4 is 23.5 Å². The highest BCUT2D eigenvalue weighted by Gasteiger charge is 2.51. The number of aliphatic carboxylic acids is 1. The number of rotatable bonds is 5. The lowest BCUT2D eigenvalue weighted by Gasteiger charge is -2.13. The van der Waals surface area contributed by atoms with E-state index in [1.807, 2.05) is 0 Å². The molecular formula is C15H16N2O4. The second kappa shape index (κ2) is 4.87. The van der Waals surface area contributed by atoms with E-state index < -0.39 is 17.4 Å². The van der Waals surface area contributed by atoms with Crippen molar-refractivity contribution in [1.82, 2.24) is 5.32 Å². The summed E-state index contributed by atoms with van der Waals surface area (Å²) in [6.07, 6.45) is 2.72. The Balaban J connectivity index is 1.68. The number of carboxylic acids is 1. The van der Waals surface area contributed by atoms with Crippen LogP contribution >= 0.6 is 0 Å². The molecule has 1 aromatic rings. The Morgan fingerprint density at radius 3 is 2.48 bits per heavy atom. The number of carboxylic acid groups (broad SMARTS) is 1. The SMILES string of the molecule is O=C(NC1(C(=O)O)CC1)c1cccc(NC(=O)C2CC2)c1. The van der Waals surface area contributed by atoms with Crippen LogP contribution in [0.3, 0.4) is 0 Å². The Morgan fingerprint density at radius 2 is 1.90 bits per heavy atom. The minimum Gasteiger partial charge on any atom is -0.480 e. The molecule has 0 bridgehead atoms. The van der Waals surface area contributed by atoms with Gasteiger partial charge in [-0.05, 0) is 43.9 Å². The van der Waals surface area contributed by atoms with Gasteiger partial charge in [0.15, 0.2) is 0 Å². The van der Waals surface area contributed by atoms with E-state index in [0.29, 0.717) is 24.1 Å². The van der Waals surface area contributed by atoms with Crippen LogP contribution in [-0.2, 0) is 9.59 Å². The fourth-order valence-electron chi connectivity index (χ4n) is 2.13. The lowest BCUT2D eigenvalue weighted by molar-refractivity contribution is -0.140. The molecule has 2 aliphatic rings. The summed E-state index contributed by atoms with van der Waals surface area (Å²) in [5.41, 5.74) is -0.208. The molecule has 3 rings (SSSR count). The molecular weight excluding hydrogens is 272 g/mol. The van der Waals surface area contributed by atoms with Gasteiger partial charge in [-0.2, -0.15) is 0 Å². The number of benzene rings is 1.